The van der Waals surface area contributed by atoms with Crippen molar-refractivity contribution >= 4 is 27.3 Å². The first-order chi connectivity index (χ1) is 21.6. The van der Waals surface area contributed by atoms with Gasteiger partial charge in [-0.15, -0.1) is 5.10 Å². The maximum Gasteiger partial charge on any atom is 0.455 e. The van der Waals surface area contributed by atoms with Crippen LogP contribution in [0.1, 0.15) is 27.8 Å². The zero-order chi connectivity index (χ0) is 31.7. The lowest BCUT2D eigenvalue weighted by atomic mass is 9.94. The predicted octanol–water partition coefficient (Wildman–Crippen LogP) is 8.00. The van der Waals surface area contributed by atoms with E-state index in [1.807, 2.05) is 30.3 Å². The van der Waals surface area contributed by atoms with Gasteiger partial charge in [-0.05, 0) is 73.0 Å². The van der Waals surface area contributed by atoms with Crippen LogP contribution in [0.15, 0.2) is 143 Å². The number of hydrogen-bond acceptors (Lipinski definition) is 5. The SMILES string of the molecule is Cc1ccc(S(=O)(=O)Nc2ccc(Cc3ccccc3)cc2C2(C(F)(F)F)OC(c3ccccc3)=NN2c2ccccc2)cc1. The van der Waals surface area contributed by atoms with Gasteiger partial charge in [0.15, 0.2) is 0 Å². The number of aryl methyl sites for hydroxylation is 1. The molecule has 6 nitrogen and oxygen atoms in total. The van der Waals surface area contributed by atoms with Crippen LogP contribution in [0, 0.1) is 6.92 Å². The Morgan fingerprint density at radius 2 is 1.38 bits per heavy atom. The Morgan fingerprint density at radius 1 is 0.778 bits per heavy atom. The topological polar surface area (TPSA) is 71.0 Å². The largest absolute Gasteiger partial charge is 0.455 e. The first-order valence-corrected chi connectivity index (χ1v) is 15.6. The number of halogens is 3. The van der Waals surface area contributed by atoms with E-state index >= 15 is 13.2 Å². The number of ether oxygens (including phenoxy) is 1. The normalized spacial score (nSPS) is 16.6. The second kappa shape index (κ2) is 11.8. The number of benzene rings is 5. The molecular formula is C35H28F3N3O3S. The predicted molar refractivity (Wildman–Crippen MR) is 168 cm³/mol. The van der Waals surface area contributed by atoms with Gasteiger partial charge >= 0.3 is 11.9 Å². The van der Waals surface area contributed by atoms with Gasteiger partial charge in [-0.1, -0.05) is 90.5 Å². The fourth-order valence-electron chi connectivity index (χ4n) is 5.19. The molecule has 0 aromatic heterocycles. The molecule has 0 aliphatic carbocycles. The number of rotatable bonds is 8. The molecule has 5 aromatic carbocycles. The molecule has 0 spiro atoms. The lowest BCUT2D eigenvalue weighted by Gasteiger charge is -2.38. The van der Waals surface area contributed by atoms with Gasteiger partial charge in [0.2, 0.25) is 5.90 Å². The number of sulfonamides is 1. The van der Waals surface area contributed by atoms with E-state index in [0.717, 1.165) is 16.1 Å². The van der Waals surface area contributed by atoms with Crippen LogP contribution in [-0.2, 0) is 26.9 Å². The highest BCUT2D eigenvalue weighted by molar-refractivity contribution is 7.92. The number of alkyl halides is 3. The van der Waals surface area contributed by atoms with Gasteiger partial charge in [0.1, 0.15) is 0 Å². The Kier molecular flexibility index (Phi) is 7.84. The maximum atomic E-state index is 15.8. The Bertz CT molecular complexity index is 1940. The highest BCUT2D eigenvalue weighted by atomic mass is 32.2. The minimum absolute atomic E-state index is 0.0954. The number of anilines is 2. The minimum atomic E-state index is -5.11. The lowest BCUT2D eigenvalue weighted by molar-refractivity contribution is -0.253. The molecule has 45 heavy (non-hydrogen) atoms. The van der Waals surface area contributed by atoms with E-state index in [2.05, 4.69) is 9.82 Å². The molecule has 1 aliphatic heterocycles. The summed E-state index contributed by atoms with van der Waals surface area (Å²) in [7, 11) is -4.30. The van der Waals surface area contributed by atoms with E-state index in [0.29, 0.717) is 17.5 Å². The van der Waals surface area contributed by atoms with Crippen molar-refractivity contribution in [2.45, 2.75) is 30.1 Å². The molecule has 1 N–H and O–H groups in total. The van der Waals surface area contributed by atoms with Gasteiger partial charge in [-0.25, -0.2) is 13.4 Å². The van der Waals surface area contributed by atoms with Gasteiger partial charge in [-0.2, -0.15) is 13.2 Å². The van der Waals surface area contributed by atoms with Crippen molar-refractivity contribution in [3.05, 3.63) is 161 Å². The van der Waals surface area contributed by atoms with E-state index in [4.69, 9.17) is 4.74 Å². The molecule has 1 aliphatic rings. The van der Waals surface area contributed by atoms with Crippen LogP contribution in [0.25, 0.3) is 0 Å². The summed E-state index contributed by atoms with van der Waals surface area (Å²) in [5.74, 6) is -0.266. The van der Waals surface area contributed by atoms with Crippen LogP contribution in [0.5, 0.6) is 0 Å². The summed E-state index contributed by atoms with van der Waals surface area (Å²) in [6.07, 6.45) is -4.82. The number of nitrogens with one attached hydrogen (secondary N) is 1. The fraction of sp³-hybridized carbons (Fsp3) is 0.114. The molecule has 0 fully saturated rings. The third-order valence-electron chi connectivity index (χ3n) is 7.41. The summed E-state index contributed by atoms with van der Waals surface area (Å²) in [6, 6.07) is 35.7. The van der Waals surface area contributed by atoms with Crippen molar-refractivity contribution in [3.63, 3.8) is 0 Å². The second-order valence-corrected chi connectivity index (χ2v) is 12.3. The number of para-hydroxylation sites is 1. The molecule has 228 valence electrons. The summed E-state index contributed by atoms with van der Waals surface area (Å²) in [6.45, 7) is 1.81. The molecule has 6 rings (SSSR count). The molecule has 5 aromatic rings. The molecule has 0 bridgehead atoms. The molecule has 1 unspecified atom stereocenters. The fourth-order valence-corrected chi connectivity index (χ4v) is 6.27. The second-order valence-electron chi connectivity index (χ2n) is 10.6. The van der Waals surface area contributed by atoms with Gasteiger partial charge in [0.05, 0.1) is 21.8 Å². The molecule has 0 radical (unpaired) electrons. The zero-order valence-corrected chi connectivity index (χ0v) is 24.9. The smallest absolute Gasteiger partial charge is 0.433 e. The van der Waals surface area contributed by atoms with Crippen molar-refractivity contribution in [1.29, 1.82) is 0 Å². The van der Waals surface area contributed by atoms with Crippen LogP contribution in [-0.4, -0.2) is 20.5 Å². The van der Waals surface area contributed by atoms with Crippen LogP contribution < -0.4 is 9.73 Å². The van der Waals surface area contributed by atoms with E-state index in [9.17, 15) is 8.42 Å². The Labute approximate surface area is 259 Å². The summed E-state index contributed by atoms with van der Waals surface area (Å²) in [4.78, 5) is -0.0954. The van der Waals surface area contributed by atoms with E-state index in [1.54, 1.807) is 73.7 Å². The van der Waals surface area contributed by atoms with E-state index in [1.165, 1.54) is 36.4 Å². The standard InChI is InChI=1S/C35H28F3N3O3S/c1-25-17-20-30(21-18-25)45(42,43)40-32-22-19-27(23-26-11-5-2-6-12-26)24-31(32)34(35(36,37)38)41(29-15-9-4-10-16-29)39-33(44-34)28-13-7-3-8-14-28/h2-22,24,40H,23H2,1H3. The van der Waals surface area contributed by atoms with Crippen molar-refractivity contribution in [1.82, 2.24) is 0 Å². The average molecular weight is 628 g/mol. The summed E-state index contributed by atoms with van der Waals surface area (Å²) < 4.78 is 83.1. The van der Waals surface area contributed by atoms with Crippen LogP contribution >= 0.6 is 0 Å². The van der Waals surface area contributed by atoms with Crippen LogP contribution in [0.3, 0.4) is 0 Å². The molecule has 1 atom stereocenters. The molecule has 1 heterocycles. The van der Waals surface area contributed by atoms with Crippen molar-refractivity contribution < 1.29 is 26.3 Å². The first kappa shape index (κ1) is 30.0. The number of hydrazone groups is 1. The quantitative estimate of drug-likeness (QED) is 0.189. The van der Waals surface area contributed by atoms with Crippen molar-refractivity contribution in [2.24, 2.45) is 5.10 Å². The van der Waals surface area contributed by atoms with E-state index in [-0.39, 0.29) is 22.2 Å². The summed E-state index contributed by atoms with van der Waals surface area (Å²) >= 11 is 0. The van der Waals surface area contributed by atoms with Gasteiger partial charge in [-0.3, -0.25) is 4.72 Å². The Morgan fingerprint density at radius 3 is 2.00 bits per heavy atom. The average Bonchev–Trinajstić information content (AvgIpc) is 3.46. The maximum absolute atomic E-state index is 15.8. The van der Waals surface area contributed by atoms with Crippen molar-refractivity contribution in [3.8, 4) is 0 Å². The van der Waals surface area contributed by atoms with Gasteiger partial charge < -0.3 is 4.74 Å². The third kappa shape index (κ3) is 5.88. The third-order valence-corrected chi connectivity index (χ3v) is 8.80. The molecule has 10 heteroatoms. The minimum Gasteiger partial charge on any atom is -0.433 e. The molecule has 0 amide bonds. The number of nitrogens with zero attached hydrogens (tertiary/aromatic N) is 2. The van der Waals surface area contributed by atoms with Crippen LogP contribution in [0.4, 0.5) is 24.5 Å². The van der Waals surface area contributed by atoms with Crippen LogP contribution in [0.2, 0.25) is 0 Å². The zero-order valence-electron chi connectivity index (χ0n) is 24.1. The molecular weight excluding hydrogens is 599 g/mol. The Hall–Kier alpha value is -5.09. The van der Waals surface area contributed by atoms with Gasteiger partial charge in [0.25, 0.3) is 10.0 Å². The molecule has 0 saturated heterocycles. The lowest BCUT2D eigenvalue weighted by Crippen LogP contribution is -2.54. The molecule has 0 saturated carbocycles. The number of hydrogen-bond donors (Lipinski definition) is 1. The van der Waals surface area contributed by atoms with E-state index < -0.39 is 27.5 Å². The summed E-state index contributed by atoms with van der Waals surface area (Å²) in [5, 5.41) is 5.15. The highest BCUT2D eigenvalue weighted by Crippen LogP contribution is 2.53. The van der Waals surface area contributed by atoms with Crippen molar-refractivity contribution in [2.75, 3.05) is 9.73 Å². The monoisotopic (exact) mass is 627 g/mol. The van der Waals surface area contributed by atoms with Gasteiger partial charge in [0, 0.05) is 5.56 Å². The highest BCUT2D eigenvalue weighted by Gasteiger charge is 2.68. The first-order valence-electron chi connectivity index (χ1n) is 14.1. The summed E-state index contributed by atoms with van der Waals surface area (Å²) in [5.41, 5.74) is -1.36. The Balaban J connectivity index is 1.58.